The maximum absolute atomic E-state index is 5.30. The van der Waals surface area contributed by atoms with E-state index in [1.54, 1.807) is 0 Å². The van der Waals surface area contributed by atoms with Crippen LogP contribution in [0, 0.1) is 11.8 Å². The fourth-order valence-electron chi connectivity index (χ4n) is 12.1. The zero-order valence-electron chi connectivity index (χ0n) is 47.7. The fraction of sp³-hybridized carbons (Fsp3) is 0.727. The van der Waals surface area contributed by atoms with Crippen LogP contribution in [-0.4, -0.2) is 45.8 Å². The van der Waals surface area contributed by atoms with Gasteiger partial charge in [0.15, 0.2) is 0 Å². The first kappa shape index (κ1) is 61.6. The van der Waals surface area contributed by atoms with Crippen molar-refractivity contribution in [3.8, 4) is 20.9 Å². The Labute approximate surface area is 474 Å². The number of nitrogens with zero attached hydrogens (tertiary/aromatic N) is 4. The summed E-state index contributed by atoms with van der Waals surface area (Å²) in [6.45, 7) is 9.31. The molecular weight excluding hydrogens is 1070 g/mol. The molecule has 8 heteroatoms. The first-order valence-electron chi connectivity index (χ1n) is 31.6. The number of fused-ring (bicyclic) bond motifs is 5. The van der Waals surface area contributed by atoms with Gasteiger partial charge in [0.25, 0.3) is 0 Å². The molecule has 6 rings (SSSR count). The molecule has 4 nitrogen and oxygen atoms in total. The summed E-state index contributed by atoms with van der Waals surface area (Å²) in [6, 6.07) is 9.69. The normalized spacial score (nSPS) is 12.9. The average molecular weight is 1180 g/mol. The van der Waals surface area contributed by atoms with E-state index in [2.05, 4.69) is 62.7 Å². The van der Waals surface area contributed by atoms with Crippen molar-refractivity contribution in [1.29, 1.82) is 0 Å². The predicted octanol–water partition coefficient (Wildman–Crippen LogP) is 22.3. The Bertz CT molecular complexity index is 2340. The molecular formula is C66H104N4S2Se2. The van der Waals surface area contributed by atoms with E-state index < -0.39 is 0 Å². The van der Waals surface area contributed by atoms with Gasteiger partial charge < -0.3 is 0 Å². The van der Waals surface area contributed by atoms with Crippen molar-refractivity contribution in [1.82, 2.24) is 15.9 Å². The molecule has 2 unspecified atom stereocenters. The number of unbranched alkanes of at least 4 members (excludes halogenated alkanes) is 32. The molecule has 0 radical (unpaired) electrons. The van der Waals surface area contributed by atoms with Crippen LogP contribution < -0.4 is 0 Å². The molecule has 0 saturated carbocycles. The molecule has 4 aromatic heterocycles. The molecule has 0 spiro atoms. The van der Waals surface area contributed by atoms with Crippen LogP contribution in [0.1, 0.15) is 296 Å². The molecule has 2 aromatic carbocycles. The minimum atomic E-state index is -0.138. The van der Waals surface area contributed by atoms with E-state index in [0.717, 1.165) is 33.9 Å². The van der Waals surface area contributed by atoms with Crippen LogP contribution in [0.3, 0.4) is 0 Å². The van der Waals surface area contributed by atoms with Gasteiger partial charge in [0, 0.05) is 0 Å². The van der Waals surface area contributed by atoms with E-state index in [-0.39, 0.29) is 29.9 Å². The molecule has 74 heavy (non-hydrogen) atoms. The van der Waals surface area contributed by atoms with Gasteiger partial charge in [-0.3, -0.25) is 0 Å². The van der Waals surface area contributed by atoms with Gasteiger partial charge in [-0.25, -0.2) is 0 Å². The zero-order chi connectivity index (χ0) is 51.7. The molecule has 0 saturated heterocycles. The van der Waals surface area contributed by atoms with Gasteiger partial charge in [0.05, 0.1) is 0 Å². The first-order chi connectivity index (χ1) is 36.6. The van der Waals surface area contributed by atoms with Gasteiger partial charge in [0.2, 0.25) is 0 Å². The van der Waals surface area contributed by atoms with Gasteiger partial charge in [-0.05, 0) is 0 Å². The van der Waals surface area contributed by atoms with Crippen molar-refractivity contribution in [2.45, 2.75) is 297 Å². The Balaban J connectivity index is 1.20. The molecule has 412 valence electrons. The van der Waals surface area contributed by atoms with E-state index in [9.17, 15) is 0 Å². The second-order valence-corrected chi connectivity index (χ2v) is 27.1. The van der Waals surface area contributed by atoms with E-state index in [1.807, 2.05) is 22.7 Å². The Morgan fingerprint density at radius 3 is 1.11 bits per heavy atom. The summed E-state index contributed by atoms with van der Waals surface area (Å²) in [5.41, 5.74) is 10.1. The molecule has 0 aliphatic rings. The maximum atomic E-state index is 5.30. The summed E-state index contributed by atoms with van der Waals surface area (Å²) in [6.07, 6.45) is 58.6. The second kappa shape index (κ2) is 38.0. The number of benzene rings is 2. The Morgan fingerprint density at radius 2 is 0.703 bits per heavy atom. The molecule has 0 aliphatic carbocycles. The Hall–Kier alpha value is -1.66. The fourth-order valence-corrected chi connectivity index (χ4v) is 16.4. The molecule has 0 fully saturated rings. The number of hydrogen-bond acceptors (Lipinski definition) is 6. The number of rotatable bonds is 46. The Morgan fingerprint density at radius 1 is 0.365 bits per heavy atom. The molecule has 0 bridgehead atoms. The third-order valence-electron chi connectivity index (χ3n) is 16.6. The van der Waals surface area contributed by atoms with E-state index in [4.69, 9.17) is 15.9 Å². The topological polar surface area (TPSA) is 51.6 Å². The SMILES string of the molecule is CCCCCCCCCCCCC(CCCCCCCCCC)Cc1csc(-c2c(-c3cc(CC(CCCCCCCCCC)CCCCCCCCCCCC)cs3)c3c(ccc4n[se]nc43)c3n[se]nc23)c1. The van der Waals surface area contributed by atoms with Crippen molar-refractivity contribution < 1.29 is 0 Å². The number of thiophene rings is 2. The third kappa shape index (κ3) is 21.5. The monoisotopic (exact) mass is 1180 g/mol. The quantitative estimate of drug-likeness (QED) is 0.0282. The van der Waals surface area contributed by atoms with Crippen LogP contribution in [0.4, 0.5) is 0 Å². The van der Waals surface area contributed by atoms with E-state index in [1.165, 1.54) is 312 Å². The second-order valence-electron chi connectivity index (χ2n) is 23.1. The van der Waals surface area contributed by atoms with Gasteiger partial charge in [0.1, 0.15) is 0 Å². The van der Waals surface area contributed by atoms with Crippen molar-refractivity contribution in [2.75, 3.05) is 0 Å². The summed E-state index contributed by atoms with van der Waals surface area (Å²) < 4.78 is 20.6. The molecule has 4 heterocycles. The van der Waals surface area contributed by atoms with Crippen molar-refractivity contribution >= 4 is 85.4 Å². The number of hydrogen-bond donors (Lipinski definition) is 0. The molecule has 0 N–H and O–H groups in total. The van der Waals surface area contributed by atoms with Crippen molar-refractivity contribution in [3.05, 3.63) is 46.2 Å². The summed E-state index contributed by atoms with van der Waals surface area (Å²) in [5.74, 6) is 1.53. The first-order valence-corrected chi connectivity index (χ1v) is 36.5. The predicted molar refractivity (Wildman–Crippen MR) is 332 cm³/mol. The summed E-state index contributed by atoms with van der Waals surface area (Å²) in [5, 5.41) is 7.54. The van der Waals surface area contributed by atoms with Crippen LogP contribution in [0.25, 0.3) is 53.7 Å². The van der Waals surface area contributed by atoms with Crippen molar-refractivity contribution in [3.63, 3.8) is 0 Å². The van der Waals surface area contributed by atoms with E-state index in [0.29, 0.717) is 0 Å². The third-order valence-corrected chi connectivity index (χ3v) is 20.9. The van der Waals surface area contributed by atoms with Gasteiger partial charge in [-0.2, -0.15) is 0 Å². The molecule has 2 atom stereocenters. The summed E-state index contributed by atoms with van der Waals surface area (Å²) >= 11 is 3.69. The molecule has 6 aromatic rings. The minimum absolute atomic E-state index is 0.106. The Kier molecular flexibility index (Phi) is 31.6. The van der Waals surface area contributed by atoms with Crippen molar-refractivity contribution in [2.24, 2.45) is 11.8 Å². The van der Waals surface area contributed by atoms with Crippen LogP contribution in [-0.2, 0) is 12.8 Å². The zero-order valence-corrected chi connectivity index (χ0v) is 52.8. The standard InChI is InChI=1S/C66H104N4S2Se2/c1-5-9-13-17-21-25-27-31-35-39-42-53(41-37-33-29-23-19-15-11-7-3)47-55-49-59(71-51-55)62-61-57(45-46-58-65(61)69-73-67-58)64-66(70-74-68-64)63(62)60-50-56(52-72-60)48-54(43-38-34-30-24-20-16-12-8-4)44-40-36-32-28-26-22-18-14-10-6-2/h45-46,49-54H,5-44,47-48H2,1-4H3. The van der Waals surface area contributed by atoms with Gasteiger partial charge >= 0.3 is 283 Å². The van der Waals surface area contributed by atoms with Crippen LogP contribution in [0.15, 0.2) is 35.0 Å². The molecule has 0 amide bonds. The van der Waals surface area contributed by atoms with Gasteiger partial charge in [-0.15, -0.1) is 0 Å². The average Bonchev–Trinajstić information content (AvgIpc) is 4.28. The van der Waals surface area contributed by atoms with Gasteiger partial charge in [-0.1, -0.05) is 195 Å². The van der Waals surface area contributed by atoms with Crippen LogP contribution in [0.5, 0.6) is 0 Å². The van der Waals surface area contributed by atoms with Crippen LogP contribution in [0.2, 0.25) is 0 Å². The summed E-state index contributed by atoms with van der Waals surface area (Å²) in [4.78, 5) is 2.75. The summed E-state index contributed by atoms with van der Waals surface area (Å²) in [7, 11) is 0. The van der Waals surface area contributed by atoms with Crippen LogP contribution >= 0.6 is 22.7 Å². The van der Waals surface area contributed by atoms with E-state index >= 15 is 0 Å². The number of aromatic nitrogens is 4. The molecule has 0 aliphatic heterocycles.